The van der Waals surface area contributed by atoms with Gasteiger partial charge in [-0.2, -0.15) is 0 Å². The highest BCUT2D eigenvalue weighted by Gasteiger charge is 2.27. The van der Waals surface area contributed by atoms with Crippen LogP contribution in [0.5, 0.6) is 0 Å². The van der Waals surface area contributed by atoms with Gasteiger partial charge in [-0.3, -0.25) is 0 Å². The van der Waals surface area contributed by atoms with Crippen LogP contribution in [0.3, 0.4) is 0 Å². The smallest absolute Gasteiger partial charge is 0.0842 e. The third-order valence-electron chi connectivity index (χ3n) is 3.81. The Labute approximate surface area is 103 Å². The Kier molecular flexibility index (Phi) is 4.57. The molecule has 2 rings (SSSR count). The average molecular weight is 234 g/mol. The minimum Gasteiger partial charge on any atom is -0.390 e. The number of aliphatic hydroxyl groups excluding tert-OH is 2. The van der Waals surface area contributed by atoms with E-state index in [-0.39, 0.29) is 0 Å². The van der Waals surface area contributed by atoms with Crippen LogP contribution in [0.4, 0.5) is 0 Å². The number of hydrogen-bond donors (Lipinski definition) is 2. The molecule has 94 valence electrons. The molecule has 0 aromatic heterocycles. The van der Waals surface area contributed by atoms with Gasteiger partial charge in [-0.1, -0.05) is 49.6 Å². The van der Waals surface area contributed by atoms with Crippen molar-refractivity contribution in [1.82, 2.24) is 0 Å². The molecular formula is C15H22O2. The summed E-state index contributed by atoms with van der Waals surface area (Å²) in [5.74, 6) is 0.294. The lowest BCUT2D eigenvalue weighted by molar-refractivity contribution is -0.0263. The molecule has 1 aliphatic carbocycles. The fraction of sp³-hybridized carbons (Fsp3) is 0.600. The van der Waals surface area contributed by atoms with Crippen molar-refractivity contribution < 1.29 is 10.2 Å². The largest absolute Gasteiger partial charge is 0.390 e. The van der Waals surface area contributed by atoms with Gasteiger partial charge >= 0.3 is 0 Å². The summed E-state index contributed by atoms with van der Waals surface area (Å²) in [5.41, 5.74) is 1.09. The van der Waals surface area contributed by atoms with Crippen molar-refractivity contribution in [1.29, 1.82) is 0 Å². The van der Waals surface area contributed by atoms with Gasteiger partial charge in [0.25, 0.3) is 0 Å². The molecule has 1 fully saturated rings. The minimum atomic E-state index is -0.625. The summed E-state index contributed by atoms with van der Waals surface area (Å²) >= 11 is 0. The van der Waals surface area contributed by atoms with Crippen molar-refractivity contribution in [3.8, 4) is 0 Å². The first-order valence-corrected chi connectivity index (χ1v) is 6.67. The van der Waals surface area contributed by atoms with E-state index in [0.717, 1.165) is 18.4 Å². The lowest BCUT2D eigenvalue weighted by Gasteiger charge is -2.29. The summed E-state index contributed by atoms with van der Waals surface area (Å²) in [6.07, 6.45) is 5.16. The topological polar surface area (TPSA) is 40.5 Å². The van der Waals surface area contributed by atoms with E-state index in [1.165, 1.54) is 19.3 Å². The van der Waals surface area contributed by atoms with Crippen LogP contribution in [-0.4, -0.2) is 22.4 Å². The van der Waals surface area contributed by atoms with Crippen LogP contribution in [-0.2, 0) is 6.42 Å². The monoisotopic (exact) mass is 234 g/mol. The van der Waals surface area contributed by atoms with Crippen LogP contribution in [0, 0.1) is 5.92 Å². The quantitative estimate of drug-likeness (QED) is 0.840. The average Bonchev–Trinajstić information content (AvgIpc) is 2.40. The normalized spacial score (nSPS) is 21.1. The number of hydrogen-bond acceptors (Lipinski definition) is 2. The molecule has 0 spiro atoms. The zero-order valence-electron chi connectivity index (χ0n) is 10.3. The molecule has 0 radical (unpaired) electrons. The van der Waals surface area contributed by atoms with Gasteiger partial charge in [-0.15, -0.1) is 0 Å². The Morgan fingerprint density at radius 1 is 1.00 bits per heavy atom. The molecule has 2 N–H and O–H groups in total. The van der Waals surface area contributed by atoms with Crippen LogP contribution >= 0.6 is 0 Å². The Balaban J connectivity index is 1.88. The van der Waals surface area contributed by atoms with Crippen LogP contribution < -0.4 is 0 Å². The van der Waals surface area contributed by atoms with E-state index < -0.39 is 12.2 Å². The SMILES string of the molecule is OC(Cc1ccccc1)C(O)C1CCCCC1. The molecule has 1 aromatic carbocycles. The van der Waals surface area contributed by atoms with E-state index in [1.807, 2.05) is 30.3 Å². The molecule has 0 heterocycles. The number of aliphatic hydroxyl groups is 2. The zero-order valence-corrected chi connectivity index (χ0v) is 10.3. The van der Waals surface area contributed by atoms with E-state index in [0.29, 0.717) is 12.3 Å². The summed E-state index contributed by atoms with van der Waals surface area (Å²) in [5, 5.41) is 20.2. The standard InChI is InChI=1S/C15H22O2/c16-14(11-12-7-3-1-4-8-12)15(17)13-9-5-2-6-10-13/h1,3-4,7-8,13-17H,2,5-6,9-11H2. The van der Waals surface area contributed by atoms with Crippen LogP contribution in [0.15, 0.2) is 30.3 Å². The maximum absolute atomic E-state index is 10.2. The summed E-state index contributed by atoms with van der Waals surface area (Å²) < 4.78 is 0. The zero-order chi connectivity index (χ0) is 12.1. The fourth-order valence-electron chi connectivity index (χ4n) is 2.77. The molecule has 2 unspecified atom stereocenters. The van der Waals surface area contributed by atoms with Crippen molar-refractivity contribution in [3.63, 3.8) is 0 Å². The van der Waals surface area contributed by atoms with Gasteiger partial charge in [0.05, 0.1) is 12.2 Å². The Morgan fingerprint density at radius 3 is 2.29 bits per heavy atom. The summed E-state index contributed by atoms with van der Waals surface area (Å²) in [7, 11) is 0. The Bertz CT molecular complexity index is 317. The van der Waals surface area contributed by atoms with Crippen LogP contribution in [0.25, 0.3) is 0 Å². The second kappa shape index (κ2) is 6.18. The first kappa shape index (κ1) is 12.6. The maximum atomic E-state index is 10.2. The van der Waals surface area contributed by atoms with Gasteiger partial charge in [0.15, 0.2) is 0 Å². The van der Waals surface area contributed by atoms with E-state index in [1.54, 1.807) is 0 Å². The van der Waals surface area contributed by atoms with E-state index >= 15 is 0 Å². The molecular weight excluding hydrogens is 212 g/mol. The Hall–Kier alpha value is -0.860. The molecule has 17 heavy (non-hydrogen) atoms. The second-order valence-electron chi connectivity index (χ2n) is 5.15. The number of benzene rings is 1. The van der Waals surface area contributed by atoms with E-state index in [2.05, 4.69) is 0 Å². The van der Waals surface area contributed by atoms with E-state index in [9.17, 15) is 10.2 Å². The third-order valence-corrected chi connectivity index (χ3v) is 3.81. The molecule has 0 amide bonds. The minimum absolute atomic E-state index is 0.294. The first-order chi connectivity index (χ1) is 8.27. The summed E-state index contributed by atoms with van der Waals surface area (Å²) in [6.45, 7) is 0. The van der Waals surface area contributed by atoms with Crippen molar-refractivity contribution in [2.24, 2.45) is 5.92 Å². The van der Waals surface area contributed by atoms with E-state index in [4.69, 9.17) is 0 Å². The predicted molar refractivity (Wildman–Crippen MR) is 68.7 cm³/mol. The summed E-state index contributed by atoms with van der Waals surface area (Å²) in [6, 6.07) is 9.89. The highest BCUT2D eigenvalue weighted by molar-refractivity contribution is 5.15. The van der Waals surface area contributed by atoms with Gasteiger partial charge in [0.1, 0.15) is 0 Å². The molecule has 0 aliphatic heterocycles. The molecule has 2 heteroatoms. The van der Waals surface area contributed by atoms with Crippen LogP contribution in [0.1, 0.15) is 37.7 Å². The summed E-state index contributed by atoms with van der Waals surface area (Å²) in [4.78, 5) is 0. The fourth-order valence-corrected chi connectivity index (χ4v) is 2.77. The highest BCUT2D eigenvalue weighted by atomic mass is 16.3. The third kappa shape index (κ3) is 3.55. The van der Waals surface area contributed by atoms with Crippen LogP contribution in [0.2, 0.25) is 0 Å². The maximum Gasteiger partial charge on any atom is 0.0842 e. The first-order valence-electron chi connectivity index (χ1n) is 6.67. The number of rotatable bonds is 4. The lowest BCUT2D eigenvalue weighted by atomic mass is 9.82. The molecule has 2 atom stereocenters. The van der Waals surface area contributed by atoms with Crippen molar-refractivity contribution in [2.45, 2.75) is 50.7 Å². The van der Waals surface area contributed by atoms with Crippen molar-refractivity contribution in [2.75, 3.05) is 0 Å². The van der Waals surface area contributed by atoms with Gasteiger partial charge in [0, 0.05) is 6.42 Å². The molecule has 1 aromatic rings. The lowest BCUT2D eigenvalue weighted by Crippen LogP contribution is -2.36. The van der Waals surface area contributed by atoms with Crippen molar-refractivity contribution in [3.05, 3.63) is 35.9 Å². The second-order valence-corrected chi connectivity index (χ2v) is 5.15. The molecule has 1 saturated carbocycles. The van der Waals surface area contributed by atoms with Crippen molar-refractivity contribution >= 4 is 0 Å². The molecule has 0 saturated heterocycles. The molecule has 1 aliphatic rings. The van der Waals surface area contributed by atoms with Gasteiger partial charge in [0.2, 0.25) is 0 Å². The predicted octanol–water partition coefficient (Wildman–Crippen LogP) is 2.53. The Morgan fingerprint density at radius 2 is 1.65 bits per heavy atom. The molecule has 0 bridgehead atoms. The van der Waals surface area contributed by atoms with Gasteiger partial charge in [-0.25, -0.2) is 0 Å². The molecule has 2 nitrogen and oxygen atoms in total. The highest BCUT2D eigenvalue weighted by Crippen LogP contribution is 2.28. The van der Waals surface area contributed by atoms with Gasteiger partial charge < -0.3 is 10.2 Å². The van der Waals surface area contributed by atoms with Gasteiger partial charge in [-0.05, 0) is 24.3 Å².